The van der Waals surface area contributed by atoms with Crippen molar-refractivity contribution in [3.8, 4) is 0 Å². The van der Waals surface area contributed by atoms with E-state index in [-0.39, 0.29) is 7.43 Å². The van der Waals surface area contributed by atoms with Crippen LogP contribution in [-0.4, -0.2) is 0 Å². The molecule has 0 N–H and O–H groups in total. The average molecular weight is 163 g/mol. The van der Waals surface area contributed by atoms with Crippen LogP contribution < -0.4 is 0 Å². The number of hydrogen-bond acceptors (Lipinski definition) is 1. The van der Waals surface area contributed by atoms with Gasteiger partial charge in [0.15, 0.2) is 0 Å². The number of rotatable bonds is 2. The van der Waals surface area contributed by atoms with E-state index in [0.717, 1.165) is 6.42 Å². The lowest BCUT2D eigenvalue weighted by atomic mass is 10.1. The molecule has 64 valence electrons. The fourth-order valence-corrected chi connectivity index (χ4v) is 0.890. The lowest BCUT2D eigenvalue weighted by molar-refractivity contribution is 1.14. The quantitative estimate of drug-likeness (QED) is 0.361. The molecule has 0 saturated carbocycles. The summed E-state index contributed by atoms with van der Waals surface area (Å²) >= 11 is 0. The fourth-order valence-electron chi connectivity index (χ4n) is 0.890. The first kappa shape index (κ1) is 10.5. The highest BCUT2D eigenvalue weighted by Gasteiger charge is 1.89. The molecule has 0 bridgehead atoms. The maximum absolute atomic E-state index is 8.14. The molecule has 0 atom stereocenters. The highest BCUT2D eigenvalue weighted by molar-refractivity contribution is 5.39. The van der Waals surface area contributed by atoms with Gasteiger partial charge in [0, 0.05) is 10.6 Å². The van der Waals surface area contributed by atoms with Gasteiger partial charge in [-0.3, -0.25) is 0 Å². The minimum atomic E-state index is 0. The summed E-state index contributed by atoms with van der Waals surface area (Å²) < 4.78 is 0. The third kappa shape index (κ3) is 2.64. The molecule has 0 amide bonds. The van der Waals surface area contributed by atoms with Crippen molar-refractivity contribution < 1.29 is 0 Å². The summed E-state index contributed by atoms with van der Waals surface area (Å²) in [5.41, 5.74) is 10.0. The van der Waals surface area contributed by atoms with Crippen molar-refractivity contribution in [3.63, 3.8) is 0 Å². The van der Waals surface area contributed by atoms with Gasteiger partial charge in [0.2, 0.25) is 0 Å². The molecule has 3 nitrogen and oxygen atoms in total. The number of aryl methyl sites for hydroxylation is 1. The van der Waals surface area contributed by atoms with Crippen molar-refractivity contribution in [2.75, 3.05) is 0 Å². The molecule has 0 radical (unpaired) electrons. The SMILES string of the molecule is C.CCc1cccc(N=[N+]=[N-])c1. The Labute approximate surface area is 72.7 Å². The zero-order valence-electron chi connectivity index (χ0n) is 6.36. The van der Waals surface area contributed by atoms with E-state index in [1.54, 1.807) is 6.07 Å². The molecule has 0 spiro atoms. The normalized spacial score (nSPS) is 8.08. The van der Waals surface area contributed by atoms with E-state index in [4.69, 9.17) is 5.53 Å². The van der Waals surface area contributed by atoms with Gasteiger partial charge < -0.3 is 0 Å². The first-order valence-corrected chi connectivity index (χ1v) is 3.51. The molecule has 12 heavy (non-hydrogen) atoms. The van der Waals surface area contributed by atoms with Crippen LogP contribution in [0.25, 0.3) is 10.4 Å². The van der Waals surface area contributed by atoms with Crippen LogP contribution in [0, 0.1) is 0 Å². The molecule has 0 aromatic heterocycles. The number of benzene rings is 1. The highest BCUT2D eigenvalue weighted by atomic mass is 15.1. The van der Waals surface area contributed by atoms with Gasteiger partial charge in [0.05, 0.1) is 0 Å². The van der Waals surface area contributed by atoms with Crippen LogP contribution in [-0.2, 0) is 6.42 Å². The Morgan fingerprint density at radius 3 is 2.83 bits per heavy atom. The molecular weight excluding hydrogens is 150 g/mol. The third-order valence-electron chi connectivity index (χ3n) is 1.48. The maximum atomic E-state index is 8.14. The summed E-state index contributed by atoms with van der Waals surface area (Å²) in [5.74, 6) is 0. The zero-order chi connectivity index (χ0) is 8.10. The van der Waals surface area contributed by atoms with Crippen molar-refractivity contribution >= 4 is 5.69 Å². The summed E-state index contributed by atoms with van der Waals surface area (Å²) in [5, 5.41) is 3.50. The van der Waals surface area contributed by atoms with Crippen LogP contribution in [0.1, 0.15) is 19.9 Å². The van der Waals surface area contributed by atoms with Crippen LogP contribution >= 0.6 is 0 Å². The topological polar surface area (TPSA) is 48.8 Å². The minimum absolute atomic E-state index is 0. The number of azide groups is 1. The zero-order valence-corrected chi connectivity index (χ0v) is 6.36. The number of nitrogens with zero attached hydrogens (tertiary/aromatic N) is 3. The Bertz CT molecular complexity index is 288. The van der Waals surface area contributed by atoms with Crippen LogP contribution in [0.4, 0.5) is 5.69 Å². The van der Waals surface area contributed by atoms with E-state index < -0.39 is 0 Å². The van der Waals surface area contributed by atoms with Gasteiger partial charge in [-0.05, 0) is 23.6 Å². The highest BCUT2D eigenvalue weighted by Crippen LogP contribution is 2.13. The Morgan fingerprint density at radius 1 is 1.50 bits per heavy atom. The van der Waals surface area contributed by atoms with Crippen molar-refractivity contribution in [2.24, 2.45) is 5.11 Å². The second-order valence-electron chi connectivity index (χ2n) is 2.21. The van der Waals surface area contributed by atoms with Crippen LogP contribution in [0.3, 0.4) is 0 Å². The summed E-state index contributed by atoms with van der Waals surface area (Å²) in [6.45, 7) is 2.06. The summed E-state index contributed by atoms with van der Waals surface area (Å²) in [4.78, 5) is 2.71. The van der Waals surface area contributed by atoms with Gasteiger partial charge in [-0.2, -0.15) is 0 Å². The second-order valence-corrected chi connectivity index (χ2v) is 2.21. The molecule has 0 aliphatic heterocycles. The van der Waals surface area contributed by atoms with Gasteiger partial charge in [-0.1, -0.05) is 37.7 Å². The predicted octanol–water partition coefficient (Wildman–Crippen LogP) is 3.83. The fraction of sp³-hybridized carbons (Fsp3) is 0.333. The first-order valence-electron chi connectivity index (χ1n) is 3.51. The van der Waals surface area contributed by atoms with Gasteiger partial charge in [0.25, 0.3) is 0 Å². The van der Waals surface area contributed by atoms with E-state index in [1.165, 1.54) is 5.56 Å². The first-order chi connectivity index (χ1) is 5.36. The Kier molecular flexibility index (Phi) is 4.58. The van der Waals surface area contributed by atoms with Gasteiger partial charge >= 0.3 is 0 Å². The van der Waals surface area contributed by atoms with E-state index >= 15 is 0 Å². The van der Waals surface area contributed by atoms with E-state index in [0.29, 0.717) is 5.69 Å². The van der Waals surface area contributed by atoms with E-state index in [1.807, 2.05) is 18.2 Å². The molecular formula is C9H13N3. The molecule has 0 aliphatic rings. The van der Waals surface area contributed by atoms with E-state index in [9.17, 15) is 0 Å². The largest absolute Gasteiger partial charge is 0.0776 e. The average Bonchev–Trinajstić information content (AvgIpc) is 2.06. The Balaban J connectivity index is 0.00000121. The molecule has 1 aromatic carbocycles. The molecule has 0 saturated heterocycles. The third-order valence-corrected chi connectivity index (χ3v) is 1.48. The lowest BCUT2D eigenvalue weighted by Gasteiger charge is -1.95. The van der Waals surface area contributed by atoms with Crippen LogP contribution in [0.5, 0.6) is 0 Å². The monoisotopic (exact) mass is 163 g/mol. The smallest absolute Gasteiger partial charge is 0.0378 e. The Morgan fingerprint density at radius 2 is 2.25 bits per heavy atom. The molecule has 1 rings (SSSR count). The molecule has 1 aromatic rings. The van der Waals surface area contributed by atoms with Crippen molar-refractivity contribution in [1.29, 1.82) is 0 Å². The predicted molar refractivity (Wildman–Crippen MR) is 51.4 cm³/mol. The molecule has 3 heteroatoms. The maximum Gasteiger partial charge on any atom is 0.0378 e. The molecule has 0 fully saturated rings. The Hall–Kier alpha value is -1.47. The molecule has 0 heterocycles. The lowest BCUT2D eigenvalue weighted by Crippen LogP contribution is -1.75. The number of hydrogen-bond donors (Lipinski definition) is 0. The van der Waals surface area contributed by atoms with Gasteiger partial charge in [-0.15, -0.1) is 0 Å². The van der Waals surface area contributed by atoms with Gasteiger partial charge in [0.1, 0.15) is 0 Å². The summed E-state index contributed by atoms with van der Waals surface area (Å²) in [7, 11) is 0. The van der Waals surface area contributed by atoms with Crippen LogP contribution in [0.2, 0.25) is 0 Å². The van der Waals surface area contributed by atoms with Crippen molar-refractivity contribution in [2.45, 2.75) is 20.8 Å². The van der Waals surface area contributed by atoms with E-state index in [2.05, 4.69) is 16.9 Å². The van der Waals surface area contributed by atoms with Crippen LogP contribution in [0.15, 0.2) is 29.4 Å². The summed E-state index contributed by atoms with van der Waals surface area (Å²) in [6.07, 6.45) is 0.967. The van der Waals surface area contributed by atoms with Crippen molar-refractivity contribution in [3.05, 3.63) is 40.3 Å². The minimum Gasteiger partial charge on any atom is -0.0776 e. The van der Waals surface area contributed by atoms with Gasteiger partial charge in [-0.25, -0.2) is 0 Å². The molecule has 0 unspecified atom stereocenters. The van der Waals surface area contributed by atoms with Crippen molar-refractivity contribution in [1.82, 2.24) is 0 Å². The standard InChI is InChI=1S/C8H9N3.CH4/c1-2-7-4-3-5-8(6-7)10-11-9;/h3-6H,2H2,1H3;1H4. The summed E-state index contributed by atoms with van der Waals surface area (Å²) in [6, 6.07) is 7.58. The second kappa shape index (κ2) is 5.22. The molecule has 0 aliphatic carbocycles.